The number of nitrogens with zero attached hydrogens (tertiary/aromatic N) is 2. The lowest BCUT2D eigenvalue weighted by molar-refractivity contribution is 0.462. The molecular formula is C13H16FN3O2S2. The Balaban J connectivity index is 2.35. The Morgan fingerprint density at radius 3 is 2.62 bits per heavy atom. The average Bonchev–Trinajstić information content (AvgIpc) is 2.79. The predicted octanol–water partition coefficient (Wildman–Crippen LogP) is 2.30. The molecule has 0 atom stereocenters. The molecule has 2 rings (SSSR count). The molecule has 1 heterocycles. The van der Waals surface area contributed by atoms with Crippen molar-refractivity contribution in [2.45, 2.75) is 25.3 Å². The molecule has 0 saturated heterocycles. The van der Waals surface area contributed by atoms with Gasteiger partial charge in [0, 0.05) is 30.4 Å². The molecule has 21 heavy (non-hydrogen) atoms. The number of hydrogen-bond donors (Lipinski definition) is 1. The van der Waals surface area contributed by atoms with Crippen molar-refractivity contribution >= 4 is 27.0 Å². The number of benzene rings is 1. The van der Waals surface area contributed by atoms with E-state index in [-0.39, 0.29) is 12.2 Å². The Hall–Kier alpha value is -1.51. The lowest BCUT2D eigenvalue weighted by Gasteiger charge is -2.17. The van der Waals surface area contributed by atoms with Crippen molar-refractivity contribution in [3.8, 4) is 0 Å². The van der Waals surface area contributed by atoms with Gasteiger partial charge in [0.05, 0.1) is 5.01 Å². The van der Waals surface area contributed by atoms with Crippen LogP contribution in [0.1, 0.15) is 15.4 Å². The number of halogens is 1. The maximum atomic E-state index is 14.0. The highest BCUT2D eigenvalue weighted by molar-refractivity contribution is 7.89. The molecule has 0 spiro atoms. The third kappa shape index (κ3) is 3.22. The second kappa shape index (κ2) is 5.70. The molecule has 2 N–H and O–H groups in total. The van der Waals surface area contributed by atoms with E-state index < -0.39 is 20.7 Å². The van der Waals surface area contributed by atoms with Crippen LogP contribution in [0, 0.1) is 19.7 Å². The molecule has 0 saturated carbocycles. The minimum atomic E-state index is -3.94. The zero-order chi connectivity index (χ0) is 15.8. The molecule has 8 heteroatoms. The van der Waals surface area contributed by atoms with Gasteiger partial charge in [-0.3, -0.25) is 0 Å². The summed E-state index contributed by atoms with van der Waals surface area (Å²) in [7, 11) is -2.54. The quantitative estimate of drug-likeness (QED) is 0.873. The number of sulfonamides is 1. The van der Waals surface area contributed by atoms with E-state index in [1.807, 2.05) is 6.92 Å². The van der Waals surface area contributed by atoms with E-state index in [1.165, 1.54) is 18.4 Å². The van der Waals surface area contributed by atoms with Crippen LogP contribution in [0.5, 0.6) is 0 Å². The number of aryl methyl sites for hydroxylation is 2. The monoisotopic (exact) mass is 329 g/mol. The highest BCUT2D eigenvalue weighted by Crippen LogP contribution is 2.25. The Morgan fingerprint density at radius 2 is 2.05 bits per heavy atom. The number of nitrogens with two attached hydrogens (primary N) is 1. The van der Waals surface area contributed by atoms with Crippen molar-refractivity contribution in [1.82, 2.24) is 9.29 Å². The van der Waals surface area contributed by atoms with Crippen LogP contribution in [0.4, 0.5) is 10.1 Å². The first-order valence-corrected chi connectivity index (χ1v) is 8.40. The standard InChI is InChI=1S/C13H16FN3O2S2/c1-8-4-11(14)13(5-12(8)15)21(18,19)17(3)7-10-6-16-9(2)20-10/h4-6H,7,15H2,1-3H3. The Kier molecular flexibility index (Phi) is 4.31. The summed E-state index contributed by atoms with van der Waals surface area (Å²) in [6.07, 6.45) is 1.62. The minimum Gasteiger partial charge on any atom is -0.398 e. The molecule has 0 aliphatic heterocycles. The van der Waals surface area contributed by atoms with Gasteiger partial charge in [-0.1, -0.05) is 0 Å². The van der Waals surface area contributed by atoms with E-state index in [0.29, 0.717) is 5.56 Å². The highest BCUT2D eigenvalue weighted by Gasteiger charge is 2.26. The van der Waals surface area contributed by atoms with Crippen molar-refractivity contribution in [3.05, 3.63) is 39.6 Å². The van der Waals surface area contributed by atoms with Crippen molar-refractivity contribution in [3.63, 3.8) is 0 Å². The zero-order valence-corrected chi connectivity index (χ0v) is 13.6. The molecule has 114 valence electrons. The molecule has 0 amide bonds. The highest BCUT2D eigenvalue weighted by atomic mass is 32.2. The number of nitrogen functional groups attached to an aromatic ring is 1. The van der Waals surface area contributed by atoms with E-state index in [1.54, 1.807) is 13.1 Å². The van der Waals surface area contributed by atoms with E-state index in [9.17, 15) is 12.8 Å². The number of anilines is 1. The molecule has 1 aromatic carbocycles. The van der Waals surface area contributed by atoms with Crippen LogP contribution < -0.4 is 5.73 Å². The van der Waals surface area contributed by atoms with Gasteiger partial charge in [-0.15, -0.1) is 11.3 Å². The summed E-state index contributed by atoms with van der Waals surface area (Å²) in [5, 5.41) is 0.849. The van der Waals surface area contributed by atoms with Crippen molar-refractivity contribution in [1.29, 1.82) is 0 Å². The number of rotatable bonds is 4. The van der Waals surface area contributed by atoms with Gasteiger partial charge in [0.25, 0.3) is 0 Å². The van der Waals surface area contributed by atoms with Gasteiger partial charge >= 0.3 is 0 Å². The number of aromatic nitrogens is 1. The summed E-state index contributed by atoms with van der Waals surface area (Å²) in [4.78, 5) is 4.45. The first-order valence-electron chi connectivity index (χ1n) is 6.15. The summed E-state index contributed by atoms with van der Waals surface area (Å²) in [6.45, 7) is 3.60. The van der Waals surface area contributed by atoms with Gasteiger partial charge in [0.2, 0.25) is 10.0 Å². The molecule has 0 aliphatic rings. The summed E-state index contributed by atoms with van der Waals surface area (Å²) in [5.41, 5.74) is 6.44. The fourth-order valence-electron chi connectivity index (χ4n) is 1.82. The normalized spacial score (nSPS) is 12.0. The molecule has 0 aliphatic carbocycles. The van der Waals surface area contributed by atoms with Crippen molar-refractivity contribution < 1.29 is 12.8 Å². The maximum absolute atomic E-state index is 14.0. The summed E-state index contributed by atoms with van der Waals surface area (Å²) < 4.78 is 39.9. The first kappa shape index (κ1) is 15.9. The first-order chi connectivity index (χ1) is 9.71. The van der Waals surface area contributed by atoms with E-state index in [4.69, 9.17) is 5.73 Å². The lowest BCUT2D eigenvalue weighted by atomic mass is 10.2. The largest absolute Gasteiger partial charge is 0.398 e. The van der Waals surface area contributed by atoms with Crippen LogP contribution in [-0.2, 0) is 16.6 Å². The third-order valence-corrected chi connectivity index (χ3v) is 5.77. The van der Waals surface area contributed by atoms with Gasteiger partial charge in [-0.25, -0.2) is 17.8 Å². The smallest absolute Gasteiger partial charge is 0.246 e. The van der Waals surface area contributed by atoms with Crippen LogP contribution in [0.15, 0.2) is 23.2 Å². The molecule has 2 aromatic rings. The Morgan fingerprint density at radius 1 is 1.38 bits per heavy atom. The molecule has 1 aromatic heterocycles. The Bertz CT molecular complexity index is 772. The van der Waals surface area contributed by atoms with Crippen LogP contribution >= 0.6 is 11.3 Å². The summed E-state index contributed by atoms with van der Waals surface area (Å²) in [5.74, 6) is -0.797. The average molecular weight is 329 g/mol. The van der Waals surface area contributed by atoms with Crippen LogP contribution in [0.2, 0.25) is 0 Å². The lowest BCUT2D eigenvalue weighted by Crippen LogP contribution is -2.27. The summed E-state index contributed by atoms with van der Waals surface area (Å²) in [6, 6.07) is 2.29. The molecule has 0 fully saturated rings. The van der Waals surface area contributed by atoms with Gasteiger partial charge in [-0.2, -0.15) is 4.31 Å². The molecule has 0 bridgehead atoms. The topological polar surface area (TPSA) is 76.3 Å². The maximum Gasteiger partial charge on any atom is 0.246 e. The molecular weight excluding hydrogens is 313 g/mol. The second-order valence-corrected chi connectivity index (χ2v) is 8.08. The Labute approximate surface area is 127 Å². The van der Waals surface area contributed by atoms with E-state index in [0.717, 1.165) is 26.3 Å². The van der Waals surface area contributed by atoms with Crippen molar-refractivity contribution in [2.24, 2.45) is 0 Å². The zero-order valence-electron chi connectivity index (χ0n) is 11.9. The van der Waals surface area contributed by atoms with Crippen LogP contribution in [-0.4, -0.2) is 24.8 Å². The summed E-state index contributed by atoms with van der Waals surface area (Å²) >= 11 is 1.40. The fraction of sp³-hybridized carbons (Fsp3) is 0.308. The van der Waals surface area contributed by atoms with Crippen LogP contribution in [0.3, 0.4) is 0 Å². The van der Waals surface area contributed by atoms with E-state index in [2.05, 4.69) is 4.98 Å². The second-order valence-electron chi connectivity index (χ2n) is 4.75. The number of thiazole rings is 1. The molecule has 0 radical (unpaired) electrons. The van der Waals surface area contributed by atoms with Crippen molar-refractivity contribution in [2.75, 3.05) is 12.8 Å². The van der Waals surface area contributed by atoms with Gasteiger partial charge in [-0.05, 0) is 31.5 Å². The number of hydrogen-bond acceptors (Lipinski definition) is 5. The predicted molar refractivity (Wildman–Crippen MR) is 81.1 cm³/mol. The SMILES string of the molecule is Cc1ncc(CN(C)S(=O)(=O)c2cc(N)c(C)cc2F)s1. The van der Waals surface area contributed by atoms with Gasteiger partial charge in [0.1, 0.15) is 10.7 Å². The molecule has 5 nitrogen and oxygen atoms in total. The van der Waals surface area contributed by atoms with Gasteiger partial charge < -0.3 is 5.73 Å². The fourth-order valence-corrected chi connectivity index (χ4v) is 3.97. The molecule has 0 unspecified atom stereocenters. The van der Waals surface area contributed by atoms with Gasteiger partial charge in [0.15, 0.2) is 0 Å². The minimum absolute atomic E-state index is 0.140. The van der Waals surface area contributed by atoms with Crippen LogP contribution in [0.25, 0.3) is 0 Å². The van der Waals surface area contributed by atoms with E-state index >= 15 is 0 Å². The third-order valence-electron chi connectivity index (χ3n) is 3.06.